The number of phenolic OH excluding ortho intramolecular Hbond substituents is 1. The van der Waals surface area contributed by atoms with E-state index in [1.807, 2.05) is 39.0 Å². The Morgan fingerprint density at radius 2 is 1.77 bits per heavy atom. The highest BCUT2D eigenvalue weighted by atomic mass is 35.5. The molecule has 0 unspecified atom stereocenters. The van der Waals surface area contributed by atoms with Gasteiger partial charge in [0.1, 0.15) is 11.3 Å². The van der Waals surface area contributed by atoms with Crippen molar-refractivity contribution in [1.82, 2.24) is 9.97 Å². The number of aromatic nitrogens is 2. The molecule has 0 fully saturated rings. The molecule has 0 aliphatic rings. The smallest absolute Gasteiger partial charge is 0.243 e. The number of ether oxygens (including phenoxy) is 1. The van der Waals surface area contributed by atoms with Crippen LogP contribution in [0.2, 0.25) is 5.02 Å². The van der Waals surface area contributed by atoms with Crippen LogP contribution in [0.4, 0.5) is 5.95 Å². The van der Waals surface area contributed by atoms with E-state index in [1.165, 1.54) is 7.11 Å². The molecule has 0 atom stereocenters. The third-order valence-electron chi connectivity index (χ3n) is 4.75. The molecule has 2 heterocycles. The molecule has 158 valence electrons. The quantitative estimate of drug-likeness (QED) is 0.432. The number of aromatic hydroxyl groups is 1. The zero-order valence-corrected chi connectivity index (χ0v) is 18.3. The van der Waals surface area contributed by atoms with Crippen molar-refractivity contribution in [3.63, 3.8) is 0 Å². The summed E-state index contributed by atoms with van der Waals surface area (Å²) in [7, 11) is 1.50. The fourth-order valence-electron chi connectivity index (χ4n) is 3.24. The number of nitrogens with one attached hydrogen (secondary N) is 1. The third kappa shape index (κ3) is 4.32. The predicted molar refractivity (Wildman–Crippen MR) is 120 cm³/mol. The molecule has 0 aliphatic carbocycles. The molecular weight excluding hydrogens is 416 g/mol. The maximum Gasteiger partial charge on any atom is 0.243 e. The topological polar surface area (TPSA) is 92.8 Å². The molecule has 0 bridgehead atoms. The van der Waals surface area contributed by atoms with Crippen molar-refractivity contribution in [3.05, 3.63) is 69.8 Å². The number of phenols is 1. The summed E-state index contributed by atoms with van der Waals surface area (Å²) in [6.45, 7) is 5.71. The average molecular weight is 437 g/mol. The minimum atomic E-state index is 0.0493. The van der Waals surface area contributed by atoms with Crippen LogP contribution in [0.5, 0.6) is 11.5 Å². The van der Waals surface area contributed by atoms with E-state index >= 15 is 0 Å². The van der Waals surface area contributed by atoms with Crippen LogP contribution in [-0.4, -0.2) is 22.2 Å². The molecule has 31 heavy (non-hydrogen) atoms. The van der Waals surface area contributed by atoms with E-state index in [4.69, 9.17) is 20.8 Å². The van der Waals surface area contributed by atoms with Gasteiger partial charge in [0.25, 0.3) is 0 Å². The minimum Gasteiger partial charge on any atom is -0.504 e. The van der Waals surface area contributed by atoms with Crippen LogP contribution >= 0.6 is 11.6 Å². The summed E-state index contributed by atoms with van der Waals surface area (Å²) in [4.78, 5) is 8.73. The molecule has 0 amide bonds. The summed E-state index contributed by atoms with van der Waals surface area (Å²) < 4.78 is 11.4. The summed E-state index contributed by atoms with van der Waals surface area (Å²) in [6.07, 6.45) is 0. The summed E-state index contributed by atoms with van der Waals surface area (Å²) in [6, 6.07) is 12.4. The SMILES string of the molecule is COc1cc(-c2c/c(=N\Nc3nc(C)cc(C)n3)c3cc(Cl)c(C)cc3o2)ccc1O. The Morgan fingerprint density at radius 1 is 1.03 bits per heavy atom. The molecule has 2 N–H and O–H groups in total. The number of hydrogen-bond donors (Lipinski definition) is 2. The second-order valence-corrected chi connectivity index (χ2v) is 7.59. The van der Waals surface area contributed by atoms with Crippen molar-refractivity contribution in [1.29, 1.82) is 0 Å². The lowest BCUT2D eigenvalue weighted by Gasteiger charge is -2.09. The number of nitrogens with zero attached hydrogens (tertiary/aromatic N) is 3. The predicted octanol–water partition coefficient (Wildman–Crippen LogP) is 5.11. The molecular formula is C23H21ClN4O3. The van der Waals surface area contributed by atoms with E-state index < -0.39 is 0 Å². The van der Waals surface area contributed by atoms with Gasteiger partial charge in [-0.3, -0.25) is 0 Å². The van der Waals surface area contributed by atoms with Crippen LogP contribution < -0.4 is 15.5 Å². The van der Waals surface area contributed by atoms with Crippen molar-refractivity contribution < 1.29 is 14.3 Å². The molecule has 2 aromatic carbocycles. The Morgan fingerprint density at radius 3 is 2.48 bits per heavy atom. The Bertz CT molecular complexity index is 1350. The lowest BCUT2D eigenvalue weighted by atomic mass is 10.1. The van der Waals surface area contributed by atoms with Gasteiger partial charge in [-0.05, 0) is 62.7 Å². The van der Waals surface area contributed by atoms with Gasteiger partial charge in [0.2, 0.25) is 5.95 Å². The van der Waals surface area contributed by atoms with Crippen molar-refractivity contribution in [2.45, 2.75) is 20.8 Å². The van der Waals surface area contributed by atoms with Crippen LogP contribution in [0.1, 0.15) is 17.0 Å². The van der Waals surface area contributed by atoms with Crippen LogP contribution in [0, 0.1) is 20.8 Å². The molecule has 8 heteroatoms. The monoisotopic (exact) mass is 436 g/mol. The van der Waals surface area contributed by atoms with Gasteiger partial charge in [-0.2, -0.15) is 5.10 Å². The van der Waals surface area contributed by atoms with Crippen molar-refractivity contribution in [2.24, 2.45) is 5.10 Å². The number of anilines is 1. The van der Waals surface area contributed by atoms with E-state index in [0.29, 0.717) is 33.4 Å². The van der Waals surface area contributed by atoms with Gasteiger partial charge in [0.05, 0.1) is 12.5 Å². The van der Waals surface area contributed by atoms with E-state index in [9.17, 15) is 5.11 Å². The molecule has 4 rings (SSSR count). The van der Waals surface area contributed by atoms with Crippen LogP contribution in [0.3, 0.4) is 0 Å². The normalized spacial score (nSPS) is 11.7. The fourth-order valence-corrected chi connectivity index (χ4v) is 3.40. The van der Waals surface area contributed by atoms with Gasteiger partial charge in [0.15, 0.2) is 11.5 Å². The maximum absolute atomic E-state index is 9.92. The van der Waals surface area contributed by atoms with Crippen molar-refractivity contribution >= 4 is 28.5 Å². The van der Waals surface area contributed by atoms with Gasteiger partial charge >= 0.3 is 0 Å². The Balaban J connectivity index is 1.91. The Kier molecular flexibility index (Phi) is 5.52. The van der Waals surface area contributed by atoms with Crippen LogP contribution in [0.15, 0.2) is 52.0 Å². The molecule has 7 nitrogen and oxygen atoms in total. The number of hydrogen-bond acceptors (Lipinski definition) is 7. The lowest BCUT2D eigenvalue weighted by Crippen LogP contribution is -2.09. The Labute approximate surface area is 184 Å². The number of aryl methyl sites for hydroxylation is 3. The second-order valence-electron chi connectivity index (χ2n) is 7.18. The zero-order valence-electron chi connectivity index (χ0n) is 17.5. The number of halogens is 1. The van der Waals surface area contributed by atoms with E-state index in [-0.39, 0.29) is 5.75 Å². The largest absolute Gasteiger partial charge is 0.504 e. The van der Waals surface area contributed by atoms with Crippen molar-refractivity contribution in [2.75, 3.05) is 12.5 Å². The summed E-state index contributed by atoms with van der Waals surface area (Å²) >= 11 is 6.36. The molecule has 0 radical (unpaired) electrons. The Hall–Kier alpha value is -3.58. The van der Waals surface area contributed by atoms with Gasteiger partial charge in [-0.1, -0.05) is 11.6 Å². The highest BCUT2D eigenvalue weighted by molar-refractivity contribution is 6.32. The molecule has 4 aromatic rings. The first-order valence-corrected chi connectivity index (χ1v) is 9.95. The molecule has 0 spiro atoms. The van der Waals surface area contributed by atoms with E-state index in [1.54, 1.807) is 24.3 Å². The maximum atomic E-state index is 9.92. The van der Waals surface area contributed by atoms with Gasteiger partial charge in [-0.15, -0.1) is 0 Å². The van der Waals surface area contributed by atoms with E-state index in [2.05, 4.69) is 20.5 Å². The first-order chi connectivity index (χ1) is 14.8. The summed E-state index contributed by atoms with van der Waals surface area (Å²) in [5, 5.41) is 16.4. The van der Waals surface area contributed by atoms with Gasteiger partial charge < -0.3 is 14.3 Å². The van der Waals surface area contributed by atoms with Crippen molar-refractivity contribution in [3.8, 4) is 22.8 Å². The lowest BCUT2D eigenvalue weighted by molar-refractivity contribution is 0.373. The summed E-state index contributed by atoms with van der Waals surface area (Å²) in [5.74, 6) is 1.35. The molecule has 0 saturated heterocycles. The number of rotatable bonds is 4. The highest BCUT2D eigenvalue weighted by Gasteiger charge is 2.11. The van der Waals surface area contributed by atoms with E-state index in [0.717, 1.165) is 27.9 Å². The first-order valence-electron chi connectivity index (χ1n) is 9.57. The standard InChI is InChI=1S/C23H21ClN4O3/c1-12-7-21-16(10-17(12)24)18(27-28-23-25-13(2)8-14(3)26-23)11-20(31-21)15-5-6-19(29)22(9-15)30-4/h5-11,29H,1-4H3,(H,25,26,28)/b27-18+. The van der Waals surface area contributed by atoms with Crippen LogP contribution in [-0.2, 0) is 0 Å². The second kappa shape index (κ2) is 8.28. The number of benzene rings is 2. The average Bonchev–Trinajstić information content (AvgIpc) is 2.72. The fraction of sp³-hybridized carbons (Fsp3) is 0.174. The highest BCUT2D eigenvalue weighted by Crippen LogP contribution is 2.32. The molecule has 2 aromatic heterocycles. The molecule has 0 aliphatic heterocycles. The number of fused-ring (bicyclic) bond motifs is 1. The van der Waals surface area contributed by atoms with Gasteiger partial charge in [0, 0.05) is 33.4 Å². The first kappa shape index (κ1) is 20.7. The van der Waals surface area contributed by atoms with Crippen LogP contribution in [0.25, 0.3) is 22.3 Å². The molecule has 0 saturated carbocycles. The minimum absolute atomic E-state index is 0.0493. The number of methoxy groups -OCH3 is 1. The van der Waals surface area contributed by atoms with Gasteiger partial charge in [-0.25, -0.2) is 15.4 Å². The zero-order chi connectivity index (χ0) is 22.1. The summed E-state index contributed by atoms with van der Waals surface area (Å²) in [5.41, 5.74) is 6.84. The third-order valence-corrected chi connectivity index (χ3v) is 5.15.